The lowest BCUT2D eigenvalue weighted by atomic mass is 10.1. The lowest BCUT2D eigenvalue weighted by Gasteiger charge is -2.20. The summed E-state index contributed by atoms with van der Waals surface area (Å²) in [4.78, 5) is 22.6. The minimum Gasteiger partial charge on any atom is -0.457 e. The Morgan fingerprint density at radius 3 is 1.55 bits per heavy atom. The molecule has 0 radical (unpaired) electrons. The molecule has 0 amide bonds. The summed E-state index contributed by atoms with van der Waals surface area (Å²) >= 11 is 0. The topological polar surface area (TPSA) is 132 Å². The number of carbonyl (C=O) groups excluding carboxylic acids is 1. The number of phosphoric acid groups is 1. The van der Waals surface area contributed by atoms with Gasteiger partial charge in [-0.2, -0.15) is 0 Å². The van der Waals surface area contributed by atoms with Gasteiger partial charge in [0.1, 0.15) is 12.2 Å². The van der Waals surface area contributed by atoms with E-state index in [4.69, 9.17) is 23.6 Å². The van der Waals surface area contributed by atoms with Gasteiger partial charge in [-0.05, 0) is 70.6 Å². The second-order valence-electron chi connectivity index (χ2n) is 15.0. The monoisotopic (exact) mass is 813 g/mol. The first-order chi connectivity index (χ1) is 27.3. The molecule has 0 aromatic rings. The van der Waals surface area contributed by atoms with Crippen molar-refractivity contribution in [3.63, 3.8) is 0 Å². The SMILES string of the molecule is CC/C=C\C/C=C\C/C=C\CCCCCCCCOCC(COP(=O)(O)OCC(O)CO)OC(=O)CCCCCCCCCCC/C=C\CCCCCCCC. The van der Waals surface area contributed by atoms with Crippen LogP contribution in [-0.4, -0.2) is 66.3 Å². The minimum atomic E-state index is -4.52. The molecule has 10 heteroatoms. The lowest BCUT2D eigenvalue weighted by molar-refractivity contribution is -0.154. The average Bonchev–Trinajstić information content (AvgIpc) is 3.19. The highest BCUT2D eigenvalue weighted by Gasteiger charge is 2.26. The molecular weight excluding hydrogens is 727 g/mol. The van der Waals surface area contributed by atoms with Crippen molar-refractivity contribution in [3.05, 3.63) is 48.6 Å². The molecule has 9 nitrogen and oxygen atoms in total. The number of carbonyl (C=O) groups is 1. The number of ether oxygens (including phenoxy) is 2. The van der Waals surface area contributed by atoms with Gasteiger partial charge in [0.25, 0.3) is 0 Å². The third kappa shape index (κ3) is 42.0. The molecule has 0 saturated carbocycles. The van der Waals surface area contributed by atoms with Crippen LogP contribution in [0.15, 0.2) is 48.6 Å². The van der Waals surface area contributed by atoms with Gasteiger partial charge in [0.05, 0.1) is 26.4 Å². The van der Waals surface area contributed by atoms with E-state index in [2.05, 4.69) is 62.5 Å². The van der Waals surface area contributed by atoms with Crippen LogP contribution in [0, 0.1) is 0 Å². The highest BCUT2D eigenvalue weighted by molar-refractivity contribution is 7.47. The summed E-state index contributed by atoms with van der Waals surface area (Å²) < 4.78 is 33.4. The van der Waals surface area contributed by atoms with Crippen molar-refractivity contribution in [2.45, 2.75) is 206 Å². The number of aliphatic hydroxyl groups excluding tert-OH is 2. The Kier molecular flexibility index (Phi) is 41.8. The van der Waals surface area contributed by atoms with Crippen molar-refractivity contribution in [2.24, 2.45) is 0 Å². The van der Waals surface area contributed by atoms with Crippen molar-refractivity contribution in [2.75, 3.05) is 33.0 Å². The molecule has 328 valence electrons. The van der Waals surface area contributed by atoms with Gasteiger partial charge >= 0.3 is 13.8 Å². The molecule has 0 saturated heterocycles. The summed E-state index contributed by atoms with van der Waals surface area (Å²) in [7, 11) is -4.52. The standard InChI is InChI=1S/C46H85O9P/c1-3-5-7-9-11-13-15-17-19-21-22-23-24-26-28-30-32-34-36-38-46(49)55-45(43-54-56(50,51)53-41-44(48)40-47)42-52-39-37-35-33-31-29-27-25-20-18-16-14-12-10-8-6-4-2/h6,8,12,14,17-20,44-45,47-48H,3-5,7,9-11,13,15-16,21-43H2,1-2H3,(H,50,51)/b8-6-,14-12-,19-17-,20-18-. The van der Waals surface area contributed by atoms with Gasteiger partial charge in [0, 0.05) is 13.0 Å². The normalized spacial score (nSPS) is 14.4. The molecule has 3 unspecified atom stereocenters. The fourth-order valence-corrected chi connectivity index (χ4v) is 6.86. The van der Waals surface area contributed by atoms with E-state index < -0.39 is 39.2 Å². The minimum absolute atomic E-state index is 0.0391. The zero-order valence-corrected chi connectivity index (χ0v) is 36.7. The van der Waals surface area contributed by atoms with Crippen LogP contribution in [0.2, 0.25) is 0 Å². The van der Waals surface area contributed by atoms with Crippen molar-refractivity contribution >= 4 is 13.8 Å². The molecule has 3 N–H and O–H groups in total. The average molecular weight is 813 g/mol. The van der Waals surface area contributed by atoms with Gasteiger partial charge < -0.3 is 24.6 Å². The van der Waals surface area contributed by atoms with E-state index in [1.54, 1.807) is 0 Å². The van der Waals surface area contributed by atoms with Crippen LogP contribution in [0.25, 0.3) is 0 Å². The maximum absolute atomic E-state index is 12.6. The Morgan fingerprint density at radius 2 is 1.02 bits per heavy atom. The zero-order valence-electron chi connectivity index (χ0n) is 35.8. The number of rotatable bonds is 43. The zero-order chi connectivity index (χ0) is 41.1. The Labute approximate surface area is 343 Å². The molecule has 0 bridgehead atoms. The predicted molar refractivity (Wildman–Crippen MR) is 233 cm³/mol. The molecule has 0 aliphatic heterocycles. The number of phosphoric ester groups is 1. The molecular formula is C46H85O9P. The number of esters is 1. The molecule has 56 heavy (non-hydrogen) atoms. The summed E-state index contributed by atoms with van der Waals surface area (Å²) in [5, 5.41) is 18.4. The maximum Gasteiger partial charge on any atom is 0.472 e. The number of hydrogen-bond donors (Lipinski definition) is 3. The van der Waals surface area contributed by atoms with E-state index in [1.165, 1.54) is 109 Å². The van der Waals surface area contributed by atoms with E-state index in [0.29, 0.717) is 6.61 Å². The number of aliphatic hydroxyl groups is 2. The predicted octanol–water partition coefficient (Wildman–Crippen LogP) is 12.6. The number of hydrogen-bond acceptors (Lipinski definition) is 8. The van der Waals surface area contributed by atoms with E-state index in [9.17, 15) is 19.4 Å². The van der Waals surface area contributed by atoms with Gasteiger partial charge in [-0.3, -0.25) is 13.8 Å². The Bertz CT molecular complexity index is 1010. The first-order valence-corrected chi connectivity index (χ1v) is 24.1. The molecule has 0 spiro atoms. The van der Waals surface area contributed by atoms with Gasteiger partial charge in [0.15, 0.2) is 0 Å². The van der Waals surface area contributed by atoms with Crippen LogP contribution in [-0.2, 0) is 27.9 Å². The van der Waals surface area contributed by atoms with Crippen LogP contribution in [0.5, 0.6) is 0 Å². The quantitative estimate of drug-likeness (QED) is 0.0238. The van der Waals surface area contributed by atoms with Crippen molar-refractivity contribution in [3.8, 4) is 0 Å². The molecule has 0 fully saturated rings. The fourth-order valence-electron chi connectivity index (χ4n) is 6.07. The van der Waals surface area contributed by atoms with Crippen LogP contribution in [0.4, 0.5) is 0 Å². The van der Waals surface area contributed by atoms with E-state index in [1.807, 2.05) is 0 Å². The summed E-state index contributed by atoms with van der Waals surface area (Å²) in [6.07, 6.45) is 47.8. The van der Waals surface area contributed by atoms with E-state index in [0.717, 1.165) is 64.2 Å². The van der Waals surface area contributed by atoms with E-state index >= 15 is 0 Å². The second-order valence-corrected chi connectivity index (χ2v) is 16.5. The molecule has 0 aromatic carbocycles. The van der Waals surface area contributed by atoms with Gasteiger partial charge in [-0.1, -0.05) is 165 Å². The molecule has 0 rings (SSSR count). The molecule has 0 aliphatic carbocycles. The molecule has 0 heterocycles. The smallest absolute Gasteiger partial charge is 0.457 e. The van der Waals surface area contributed by atoms with Gasteiger partial charge in [-0.25, -0.2) is 4.57 Å². The highest BCUT2D eigenvalue weighted by Crippen LogP contribution is 2.43. The van der Waals surface area contributed by atoms with Crippen LogP contribution in [0.1, 0.15) is 194 Å². The second kappa shape index (κ2) is 43.0. The van der Waals surface area contributed by atoms with Gasteiger partial charge in [0.2, 0.25) is 0 Å². The third-order valence-corrected chi connectivity index (χ3v) is 10.4. The Morgan fingerprint density at radius 1 is 0.571 bits per heavy atom. The number of unbranched alkanes of at least 4 members (excludes halogenated alkanes) is 21. The first kappa shape index (κ1) is 54.4. The van der Waals surface area contributed by atoms with Crippen molar-refractivity contribution in [1.29, 1.82) is 0 Å². The summed E-state index contributed by atoms with van der Waals surface area (Å²) in [6.45, 7) is 3.38. The summed E-state index contributed by atoms with van der Waals surface area (Å²) in [6, 6.07) is 0. The van der Waals surface area contributed by atoms with Crippen LogP contribution >= 0.6 is 7.82 Å². The number of allylic oxidation sites excluding steroid dienone is 8. The fraction of sp³-hybridized carbons (Fsp3) is 0.804. The molecule has 0 aliphatic rings. The molecule has 0 aromatic heterocycles. The Balaban J connectivity index is 4.16. The highest BCUT2D eigenvalue weighted by atomic mass is 31.2. The Hall–Kier alpha value is -1.58. The summed E-state index contributed by atoms with van der Waals surface area (Å²) in [5.74, 6) is -0.390. The van der Waals surface area contributed by atoms with Crippen LogP contribution in [0.3, 0.4) is 0 Å². The van der Waals surface area contributed by atoms with Gasteiger partial charge in [-0.15, -0.1) is 0 Å². The largest absolute Gasteiger partial charge is 0.472 e. The summed E-state index contributed by atoms with van der Waals surface area (Å²) in [5.41, 5.74) is 0. The third-order valence-electron chi connectivity index (χ3n) is 9.50. The lowest BCUT2D eigenvalue weighted by Crippen LogP contribution is -2.29. The maximum atomic E-state index is 12.6. The van der Waals surface area contributed by atoms with E-state index in [-0.39, 0.29) is 19.6 Å². The van der Waals surface area contributed by atoms with Crippen molar-refractivity contribution in [1.82, 2.24) is 0 Å². The van der Waals surface area contributed by atoms with Crippen LogP contribution < -0.4 is 0 Å². The molecule has 3 atom stereocenters. The first-order valence-electron chi connectivity index (χ1n) is 22.6. The van der Waals surface area contributed by atoms with Crippen molar-refractivity contribution < 1.29 is 43.0 Å².